The van der Waals surface area contributed by atoms with Gasteiger partial charge in [0.05, 0.1) is 6.10 Å². The van der Waals surface area contributed by atoms with Gasteiger partial charge in [0.2, 0.25) is 0 Å². The van der Waals surface area contributed by atoms with Gasteiger partial charge in [0, 0.05) is 18.6 Å². The largest absolute Gasteiger partial charge is 0.508 e. The number of nitrogens with zero attached hydrogens (tertiary/aromatic N) is 1. The summed E-state index contributed by atoms with van der Waals surface area (Å²) in [6.07, 6.45) is 1.63. The van der Waals surface area contributed by atoms with Crippen LogP contribution in [0.1, 0.15) is 37.0 Å². The molecule has 1 saturated heterocycles. The van der Waals surface area contributed by atoms with E-state index in [-0.39, 0.29) is 11.8 Å². The van der Waals surface area contributed by atoms with Gasteiger partial charge in [-0.15, -0.1) is 0 Å². The Bertz CT molecular complexity index is 637. The smallest absolute Gasteiger partial charge is 0.115 e. The van der Waals surface area contributed by atoms with Crippen LogP contribution in [0.25, 0.3) is 0 Å². The molecule has 0 amide bonds. The van der Waals surface area contributed by atoms with Crippen LogP contribution in [0.15, 0.2) is 54.6 Å². The fourth-order valence-electron chi connectivity index (χ4n) is 3.52. The third-order valence-electron chi connectivity index (χ3n) is 5.04. The number of aliphatic hydroxyl groups excluding tert-OH is 1. The van der Waals surface area contributed by atoms with Gasteiger partial charge in [0.1, 0.15) is 5.75 Å². The summed E-state index contributed by atoms with van der Waals surface area (Å²) in [7, 11) is 0. The minimum Gasteiger partial charge on any atom is -0.508 e. The van der Waals surface area contributed by atoms with E-state index in [0.717, 1.165) is 38.0 Å². The molecule has 0 spiro atoms. The van der Waals surface area contributed by atoms with Gasteiger partial charge in [-0.3, -0.25) is 4.90 Å². The second kappa shape index (κ2) is 8.48. The fraction of sp³-hybridized carbons (Fsp3) is 0.429. The van der Waals surface area contributed by atoms with E-state index in [0.29, 0.717) is 6.04 Å². The molecule has 3 N–H and O–H groups in total. The van der Waals surface area contributed by atoms with Gasteiger partial charge in [-0.2, -0.15) is 0 Å². The summed E-state index contributed by atoms with van der Waals surface area (Å²) < 4.78 is 0. The quantitative estimate of drug-likeness (QED) is 0.756. The SMILES string of the molecule is C[C@H](NC1CCN(Cc2ccccc2)CC1)[C@@H](O)c1ccc(O)cc1. The molecule has 25 heavy (non-hydrogen) atoms. The number of piperidine rings is 1. The number of rotatable bonds is 6. The maximum absolute atomic E-state index is 10.5. The van der Waals surface area contributed by atoms with Gasteiger partial charge in [-0.05, 0) is 56.1 Å². The molecule has 0 aromatic heterocycles. The third kappa shape index (κ3) is 5.05. The Hall–Kier alpha value is -1.88. The van der Waals surface area contributed by atoms with E-state index >= 15 is 0 Å². The summed E-state index contributed by atoms with van der Waals surface area (Å²) in [6, 6.07) is 17.8. The molecular weight excluding hydrogens is 312 g/mol. The van der Waals surface area contributed by atoms with Crippen LogP contribution in [0.2, 0.25) is 0 Å². The highest BCUT2D eigenvalue weighted by Gasteiger charge is 2.23. The minimum absolute atomic E-state index is 0.0183. The van der Waals surface area contributed by atoms with Crippen LogP contribution in [-0.4, -0.2) is 40.3 Å². The van der Waals surface area contributed by atoms with Crippen LogP contribution in [-0.2, 0) is 6.54 Å². The van der Waals surface area contributed by atoms with Crippen molar-refractivity contribution in [2.24, 2.45) is 0 Å². The second-order valence-electron chi connectivity index (χ2n) is 7.03. The highest BCUT2D eigenvalue weighted by atomic mass is 16.3. The first kappa shape index (κ1) is 17.9. The first-order valence-electron chi connectivity index (χ1n) is 9.11. The van der Waals surface area contributed by atoms with Crippen LogP contribution in [0.4, 0.5) is 0 Å². The van der Waals surface area contributed by atoms with E-state index in [1.165, 1.54) is 5.56 Å². The molecular formula is C21H28N2O2. The molecule has 0 aliphatic carbocycles. The molecule has 0 radical (unpaired) electrons. The predicted octanol–water partition coefficient (Wildman–Crippen LogP) is 3.07. The molecule has 0 saturated carbocycles. The zero-order valence-corrected chi connectivity index (χ0v) is 14.8. The summed E-state index contributed by atoms with van der Waals surface area (Å²) in [5.74, 6) is 0.224. The first-order chi connectivity index (χ1) is 12.1. The number of hydrogen-bond donors (Lipinski definition) is 3. The number of aliphatic hydroxyl groups is 1. The average molecular weight is 340 g/mol. The molecule has 1 heterocycles. The standard InChI is InChI=1S/C21H28N2O2/c1-16(21(25)18-7-9-20(24)10-8-18)22-19-11-13-23(14-12-19)15-17-5-3-2-4-6-17/h2-10,16,19,21-22,24-25H,11-15H2,1H3/t16-,21+/m0/s1. The lowest BCUT2D eigenvalue weighted by Crippen LogP contribution is -2.46. The number of phenols is 1. The molecule has 1 aliphatic heterocycles. The molecule has 3 rings (SSSR count). The van der Waals surface area contributed by atoms with Crippen LogP contribution < -0.4 is 5.32 Å². The average Bonchev–Trinajstić information content (AvgIpc) is 2.64. The zero-order chi connectivity index (χ0) is 17.6. The normalized spacial score (nSPS) is 18.8. The highest BCUT2D eigenvalue weighted by molar-refractivity contribution is 5.27. The monoisotopic (exact) mass is 340 g/mol. The maximum atomic E-state index is 10.5. The summed E-state index contributed by atoms with van der Waals surface area (Å²) in [4.78, 5) is 2.49. The number of nitrogens with one attached hydrogen (secondary N) is 1. The molecule has 134 valence electrons. The van der Waals surface area contributed by atoms with E-state index in [1.807, 2.05) is 6.92 Å². The topological polar surface area (TPSA) is 55.7 Å². The van der Waals surface area contributed by atoms with Crippen LogP contribution >= 0.6 is 0 Å². The minimum atomic E-state index is -0.567. The number of likely N-dealkylation sites (tertiary alicyclic amines) is 1. The summed E-state index contributed by atoms with van der Waals surface area (Å²) in [5, 5.41) is 23.4. The summed E-state index contributed by atoms with van der Waals surface area (Å²) in [5.41, 5.74) is 2.20. The van der Waals surface area contributed by atoms with Gasteiger partial charge >= 0.3 is 0 Å². The molecule has 2 aromatic carbocycles. The Morgan fingerprint density at radius 3 is 2.32 bits per heavy atom. The van der Waals surface area contributed by atoms with Gasteiger partial charge < -0.3 is 15.5 Å². The van der Waals surface area contributed by atoms with Crippen molar-refractivity contribution in [1.29, 1.82) is 0 Å². The zero-order valence-electron chi connectivity index (χ0n) is 14.8. The van der Waals surface area contributed by atoms with Gasteiger partial charge in [0.15, 0.2) is 0 Å². The maximum Gasteiger partial charge on any atom is 0.115 e. The van der Waals surface area contributed by atoms with Crippen LogP contribution in [0, 0.1) is 0 Å². The fourth-order valence-corrected chi connectivity index (χ4v) is 3.52. The van der Waals surface area contributed by atoms with Crippen LogP contribution in [0.5, 0.6) is 5.75 Å². The van der Waals surface area contributed by atoms with E-state index in [9.17, 15) is 10.2 Å². The summed E-state index contributed by atoms with van der Waals surface area (Å²) >= 11 is 0. The molecule has 2 atom stereocenters. The Morgan fingerprint density at radius 2 is 1.68 bits per heavy atom. The Balaban J connectivity index is 1.46. The number of phenolic OH excluding ortho intramolecular Hbond substituents is 1. The molecule has 4 nitrogen and oxygen atoms in total. The predicted molar refractivity (Wildman–Crippen MR) is 100 cm³/mol. The molecule has 0 unspecified atom stereocenters. The van der Waals surface area contributed by atoms with Gasteiger partial charge in [-0.25, -0.2) is 0 Å². The van der Waals surface area contributed by atoms with E-state index in [2.05, 4.69) is 40.5 Å². The van der Waals surface area contributed by atoms with Crippen molar-refractivity contribution < 1.29 is 10.2 Å². The van der Waals surface area contributed by atoms with E-state index in [4.69, 9.17) is 0 Å². The van der Waals surface area contributed by atoms with Gasteiger partial charge in [0.25, 0.3) is 0 Å². The van der Waals surface area contributed by atoms with Crippen molar-refractivity contribution in [2.75, 3.05) is 13.1 Å². The Labute approximate surface area is 150 Å². The van der Waals surface area contributed by atoms with Crippen molar-refractivity contribution in [3.8, 4) is 5.75 Å². The molecule has 2 aromatic rings. The number of aromatic hydroxyl groups is 1. The lowest BCUT2D eigenvalue weighted by Gasteiger charge is -2.35. The lowest BCUT2D eigenvalue weighted by atomic mass is 9.99. The molecule has 1 aliphatic rings. The molecule has 0 bridgehead atoms. The summed E-state index contributed by atoms with van der Waals surface area (Å²) in [6.45, 7) is 5.19. The van der Waals surface area contributed by atoms with Crippen molar-refractivity contribution >= 4 is 0 Å². The van der Waals surface area contributed by atoms with Gasteiger partial charge in [-0.1, -0.05) is 42.5 Å². The van der Waals surface area contributed by atoms with E-state index < -0.39 is 6.10 Å². The lowest BCUT2D eigenvalue weighted by molar-refractivity contribution is 0.114. The Morgan fingerprint density at radius 1 is 1.04 bits per heavy atom. The second-order valence-corrected chi connectivity index (χ2v) is 7.03. The van der Waals surface area contributed by atoms with Crippen molar-refractivity contribution in [2.45, 2.75) is 44.5 Å². The van der Waals surface area contributed by atoms with Crippen LogP contribution in [0.3, 0.4) is 0 Å². The van der Waals surface area contributed by atoms with E-state index in [1.54, 1.807) is 24.3 Å². The highest BCUT2D eigenvalue weighted by Crippen LogP contribution is 2.21. The van der Waals surface area contributed by atoms with Crippen molar-refractivity contribution in [3.63, 3.8) is 0 Å². The van der Waals surface area contributed by atoms with Crippen molar-refractivity contribution in [3.05, 3.63) is 65.7 Å². The molecule has 4 heteroatoms. The number of hydrogen-bond acceptors (Lipinski definition) is 4. The molecule has 1 fully saturated rings. The first-order valence-corrected chi connectivity index (χ1v) is 9.11. The Kier molecular flexibility index (Phi) is 6.08. The third-order valence-corrected chi connectivity index (χ3v) is 5.04. The van der Waals surface area contributed by atoms with Crippen molar-refractivity contribution in [1.82, 2.24) is 10.2 Å². The number of benzene rings is 2.